The molecule has 0 saturated carbocycles. The Morgan fingerprint density at radius 3 is 2.58 bits per heavy atom. The van der Waals surface area contributed by atoms with Crippen LogP contribution in [0.15, 0.2) is 0 Å². The van der Waals surface area contributed by atoms with Crippen molar-refractivity contribution in [3.8, 4) is 0 Å². The van der Waals surface area contributed by atoms with Gasteiger partial charge in [-0.3, -0.25) is 4.79 Å². The fourth-order valence-electron chi connectivity index (χ4n) is 0.883. The number of hydrogen-bond donors (Lipinski definition) is 1. The van der Waals surface area contributed by atoms with E-state index in [1.165, 1.54) is 0 Å². The molecule has 0 fully saturated rings. The summed E-state index contributed by atoms with van der Waals surface area (Å²) in [5.41, 5.74) is 0. The van der Waals surface area contributed by atoms with Crippen LogP contribution in [0.1, 0.15) is 26.2 Å². The molecule has 0 aliphatic carbocycles. The van der Waals surface area contributed by atoms with Crippen LogP contribution in [-0.4, -0.2) is 37.3 Å². The van der Waals surface area contributed by atoms with E-state index in [4.69, 9.17) is 0 Å². The van der Waals surface area contributed by atoms with Crippen molar-refractivity contribution in [3.05, 3.63) is 0 Å². The summed E-state index contributed by atoms with van der Waals surface area (Å²) in [6, 6.07) is 0. The molecule has 0 rings (SSSR count). The number of carbonyl (C=O) groups excluding carboxylic acids is 1. The van der Waals surface area contributed by atoms with Gasteiger partial charge in [0, 0.05) is 19.9 Å². The van der Waals surface area contributed by atoms with E-state index in [-0.39, 0.29) is 5.91 Å². The summed E-state index contributed by atoms with van der Waals surface area (Å²) in [6.45, 7) is 2.35. The van der Waals surface area contributed by atoms with Gasteiger partial charge in [0.25, 0.3) is 0 Å². The van der Waals surface area contributed by atoms with Crippen LogP contribution in [0.25, 0.3) is 0 Å². The lowest BCUT2D eigenvalue weighted by Gasteiger charge is -1.98. The van der Waals surface area contributed by atoms with Gasteiger partial charge in [0.1, 0.15) is 20.3 Å². The minimum absolute atomic E-state index is 0.0617. The van der Waals surface area contributed by atoms with Crippen LogP contribution in [0.5, 0.6) is 0 Å². The molecule has 0 bridgehead atoms. The van der Waals surface area contributed by atoms with Gasteiger partial charge in [-0.25, -0.2) is 4.58 Å². The lowest BCUT2D eigenvalue weighted by molar-refractivity contribution is -0.460. The average Bonchev–Trinajstić information content (AvgIpc) is 1.95. The minimum Gasteiger partial charge on any atom is -0.356 e. The third-order valence-corrected chi connectivity index (χ3v) is 1.50. The number of carbonyl (C=O) groups is 1. The first-order valence-corrected chi connectivity index (χ1v) is 4.37. The van der Waals surface area contributed by atoms with Crippen LogP contribution >= 0.6 is 0 Å². The molecule has 0 aromatic rings. The standard InChI is InChI=1S/C9H18N2O/c1-9(12)10-7-5-4-6-8-11(2)3/h8H,4-7H2,1-3H3/p+1/i2+1,4+1,5+1,6+1,7+1. The topological polar surface area (TPSA) is 32.1 Å². The second-order valence-electron chi connectivity index (χ2n) is 3.12. The van der Waals surface area contributed by atoms with Gasteiger partial charge in [-0.2, -0.15) is 0 Å². The molecule has 0 aromatic carbocycles. The second kappa shape index (κ2) is 6.83. The second-order valence-corrected chi connectivity index (χ2v) is 3.12. The molecule has 0 unspecified atom stereocenters. The monoisotopic (exact) mass is 176 g/mol. The fraction of sp³-hybridized carbons (Fsp3) is 0.778. The number of nitrogens with zero attached hydrogens (tertiary/aromatic N) is 1. The van der Waals surface area contributed by atoms with Crippen molar-refractivity contribution in [2.75, 3.05) is 20.6 Å². The van der Waals surface area contributed by atoms with Crippen molar-refractivity contribution in [2.45, 2.75) is 26.2 Å². The highest BCUT2D eigenvalue weighted by Crippen LogP contribution is 1.90. The fourth-order valence-corrected chi connectivity index (χ4v) is 0.883. The Morgan fingerprint density at radius 2 is 2.08 bits per heavy atom. The van der Waals surface area contributed by atoms with Crippen molar-refractivity contribution < 1.29 is 9.37 Å². The van der Waals surface area contributed by atoms with E-state index in [2.05, 4.69) is 16.1 Å². The highest BCUT2D eigenvalue weighted by atomic mass is 16.1. The van der Waals surface area contributed by atoms with E-state index in [0.29, 0.717) is 0 Å². The molecule has 0 radical (unpaired) electrons. The van der Waals surface area contributed by atoms with E-state index < -0.39 is 0 Å². The van der Waals surface area contributed by atoms with Crippen LogP contribution in [0, 0.1) is 0 Å². The molecule has 0 aliphatic rings. The maximum Gasteiger partial charge on any atom is 0.216 e. The predicted octanol–water partition coefficient (Wildman–Crippen LogP) is 0.636. The zero-order valence-corrected chi connectivity index (χ0v) is 8.26. The largest absolute Gasteiger partial charge is 0.356 e. The Labute approximate surface area is 74.5 Å². The number of rotatable bonds is 5. The van der Waals surface area contributed by atoms with E-state index in [1.54, 1.807) is 6.92 Å². The first-order valence-electron chi connectivity index (χ1n) is 4.37. The van der Waals surface area contributed by atoms with Crippen molar-refractivity contribution in [2.24, 2.45) is 0 Å². The van der Waals surface area contributed by atoms with Crippen LogP contribution in [0.2, 0.25) is 0 Å². The third kappa shape index (κ3) is 9.14. The Bertz CT molecular complexity index is 160. The van der Waals surface area contributed by atoms with Gasteiger partial charge in [0.15, 0.2) is 0 Å². The maximum absolute atomic E-state index is 10.5. The molecule has 12 heavy (non-hydrogen) atoms. The lowest BCUT2D eigenvalue weighted by atomic mass is 10.7. The van der Waals surface area contributed by atoms with Crippen molar-refractivity contribution >= 4 is 12.1 Å². The lowest BCUT2D eigenvalue weighted by Crippen LogP contribution is -2.20. The van der Waals surface area contributed by atoms with E-state index in [0.717, 1.165) is 25.8 Å². The molecule has 70 valence electrons. The maximum atomic E-state index is 10.5. The normalized spacial score (nSPS) is 11.4. The van der Waals surface area contributed by atoms with Gasteiger partial charge in [0.2, 0.25) is 5.91 Å². The first kappa shape index (κ1) is 11.1. The molecule has 3 heteroatoms. The predicted molar refractivity (Wildman–Crippen MR) is 50.7 cm³/mol. The van der Waals surface area contributed by atoms with Crippen LogP contribution in [0.4, 0.5) is 0 Å². The molecule has 0 aliphatic heterocycles. The molecule has 0 atom stereocenters. The van der Waals surface area contributed by atoms with Gasteiger partial charge in [-0.1, -0.05) is 0 Å². The molecule has 0 aromatic heterocycles. The zero-order valence-electron chi connectivity index (χ0n) is 8.26. The van der Waals surface area contributed by atoms with Crippen molar-refractivity contribution in [1.29, 1.82) is 0 Å². The summed E-state index contributed by atoms with van der Waals surface area (Å²) >= 11 is 0. The molecule has 1 amide bonds. The minimum atomic E-state index is 0.0617. The van der Waals surface area contributed by atoms with Gasteiger partial charge < -0.3 is 5.32 Å². The Morgan fingerprint density at radius 1 is 1.42 bits per heavy atom. The summed E-state index contributed by atoms with van der Waals surface area (Å²) in [4.78, 5) is 10.5. The molecular weight excluding hydrogens is 157 g/mol. The first-order chi connectivity index (χ1) is 5.63. The highest BCUT2D eigenvalue weighted by molar-refractivity contribution is 5.72. The van der Waals surface area contributed by atoms with Gasteiger partial charge in [0.05, 0.1) is 0 Å². The molecule has 1 N–H and O–H groups in total. The average molecular weight is 176 g/mol. The SMILES string of the molecule is CC(=O)N[13CH2][13CH2][13CH2][13CH2]C=[N+](C)[13CH3]. The summed E-state index contributed by atoms with van der Waals surface area (Å²) < 4.78 is 2.05. The van der Waals surface area contributed by atoms with Gasteiger partial charge >= 0.3 is 0 Å². The van der Waals surface area contributed by atoms with Gasteiger partial charge in [-0.05, 0) is 12.8 Å². The van der Waals surface area contributed by atoms with Crippen molar-refractivity contribution in [3.63, 3.8) is 0 Å². The third-order valence-electron chi connectivity index (χ3n) is 1.50. The number of amides is 1. The quantitative estimate of drug-likeness (QED) is 0.283. The smallest absolute Gasteiger partial charge is 0.216 e. The van der Waals surface area contributed by atoms with E-state index in [9.17, 15) is 4.79 Å². The molecule has 3 nitrogen and oxygen atoms in total. The van der Waals surface area contributed by atoms with Crippen LogP contribution in [-0.2, 0) is 4.79 Å². The number of hydrogen-bond acceptors (Lipinski definition) is 1. The highest BCUT2D eigenvalue weighted by Gasteiger charge is 1.91. The Balaban J connectivity index is 3.11. The zero-order chi connectivity index (χ0) is 9.40. The molecule has 0 spiro atoms. The van der Waals surface area contributed by atoms with E-state index in [1.807, 2.05) is 14.1 Å². The van der Waals surface area contributed by atoms with Crippen molar-refractivity contribution in [1.82, 2.24) is 5.32 Å². The summed E-state index contributed by atoms with van der Waals surface area (Å²) in [5, 5.41) is 2.77. The summed E-state index contributed by atoms with van der Waals surface area (Å²) in [5.74, 6) is 0.0617. The Kier molecular flexibility index (Phi) is 6.34. The summed E-state index contributed by atoms with van der Waals surface area (Å²) in [7, 11) is 4.04. The number of unbranched alkanes of at least 4 members (excludes halogenated alkanes) is 2. The molecule has 0 saturated heterocycles. The Hall–Kier alpha value is -0.860. The van der Waals surface area contributed by atoms with E-state index >= 15 is 0 Å². The molecular formula is C9H19N2O+. The van der Waals surface area contributed by atoms with Gasteiger partial charge in [-0.15, -0.1) is 0 Å². The van der Waals surface area contributed by atoms with Crippen LogP contribution < -0.4 is 5.32 Å². The summed E-state index contributed by atoms with van der Waals surface area (Å²) in [6.07, 6.45) is 5.43. The number of nitrogens with one attached hydrogen (secondary N) is 1. The van der Waals surface area contributed by atoms with Crippen LogP contribution in [0.3, 0.4) is 0 Å². The molecule has 0 heterocycles.